The minimum absolute atomic E-state index is 0.0447. The highest BCUT2D eigenvalue weighted by Crippen LogP contribution is 2.61. The highest BCUT2D eigenvalue weighted by Gasteiger charge is 2.64. The topological polar surface area (TPSA) is 132 Å². The Hall–Kier alpha value is -4.21. The molecule has 0 N–H and O–H groups in total. The fraction of sp³-hybridized carbons (Fsp3) is 0.541. The van der Waals surface area contributed by atoms with Gasteiger partial charge in [-0.2, -0.15) is 0 Å². The minimum atomic E-state index is -1.17. The Kier molecular flexibility index (Phi) is 10.5. The predicted molar refractivity (Wildman–Crippen MR) is 172 cm³/mol. The molecule has 10 nitrogen and oxygen atoms in total. The van der Waals surface area contributed by atoms with E-state index in [9.17, 15) is 24.0 Å². The zero-order valence-electron chi connectivity index (χ0n) is 28.5. The lowest BCUT2D eigenvalue weighted by Crippen LogP contribution is -2.64. The summed E-state index contributed by atoms with van der Waals surface area (Å²) in [6.07, 6.45) is -0.715. The summed E-state index contributed by atoms with van der Waals surface area (Å²) in [4.78, 5) is 63.6. The molecule has 8 unspecified atom stereocenters. The minimum Gasteiger partial charge on any atom is -0.462 e. The molecule has 0 radical (unpaired) electrons. The maximum Gasteiger partial charge on any atom is 0.331 e. The number of hydrogen-bond acceptors (Lipinski definition) is 10. The Morgan fingerprint density at radius 3 is 1.94 bits per heavy atom. The van der Waals surface area contributed by atoms with Gasteiger partial charge in [0.05, 0.1) is 5.41 Å². The summed E-state index contributed by atoms with van der Waals surface area (Å²) < 4.78 is 29.9. The van der Waals surface area contributed by atoms with Gasteiger partial charge in [0.2, 0.25) is 0 Å². The van der Waals surface area contributed by atoms with Gasteiger partial charge in [0.15, 0.2) is 12.2 Å². The fourth-order valence-electron chi connectivity index (χ4n) is 8.02. The Morgan fingerprint density at radius 2 is 1.36 bits per heavy atom. The molecule has 3 aliphatic carbocycles. The molecule has 2 bridgehead atoms. The number of benzene rings is 1. The van der Waals surface area contributed by atoms with Crippen LogP contribution in [-0.2, 0) is 47.7 Å². The van der Waals surface area contributed by atoms with E-state index in [0.717, 1.165) is 5.56 Å². The van der Waals surface area contributed by atoms with Crippen LogP contribution < -0.4 is 0 Å². The molecule has 0 aromatic heterocycles. The zero-order chi connectivity index (χ0) is 34.8. The molecular weight excluding hydrogens is 604 g/mol. The van der Waals surface area contributed by atoms with Gasteiger partial charge in [0, 0.05) is 40.2 Å². The van der Waals surface area contributed by atoms with Crippen molar-refractivity contribution in [1.29, 1.82) is 0 Å². The second-order valence-electron chi connectivity index (χ2n) is 13.6. The quantitative estimate of drug-likeness (QED) is 0.157. The van der Waals surface area contributed by atoms with E-state index in [0.29, 0.717) is 29.6 Å². The third kappa shape index (κ3) is 7.36. The first kappa shape index (κ1) is 35.6. The summed E-state index contributed by atoms with van der Waals surface area (Å²) in [7, 11) is 0. The Morgan fingerprint density at radius 1 is 0.766 bits per heavy atom. The summed E-state index contributed by atoms with van der Waals surface area (Å²) in [5, 5.41) is 0. The molecule has 3 aliphatic rings. The normalized spacial score (nSPS) is 31.5. The van der Waals surface area contributed by atoms with Gasteiger partial charge in [0.25, 0.3) is 0 Å². The third-order valence-electron chi connectivity index (χ3n) is 10.2. The van der Waals surface area contributed by atoms with Crippen molar-refractivity contribution < 1.29 is 47.7 Å². The molecule has 1 aromatic rings. The second-order valence-corrected chi connectivity index (χ2v) is 13.6. The van der Waals surface area contributed by atoms with Crippen molar-refractivity contribution in [3.8, 4) is 0 Å². The van der Waals surface area contributed by atoms with E-state index in [1.807, 2.05) is 58.0 Å². The van der Waals surface area contributed by atoms with Crippen LogP contribution in [0.5, 0.6) is 0 Å². The van der Waals surface area contributed by atoms with Gasteiger partial charge in [-0.05, 0) is 65.4 Å². The summed E-state index contributed by atoms with van der Waals surface area (Å²) in [6.45, 7) is 17.4. The summed E-state index contributed by atoms with van der Waals surface area (Å²) >= 11 is 0. The number of hydrogen-bond donors (Lipinski definition) is 0. The average molecular weight is 651 g/mol. The molecule has 1 aromatic carbocycles. The van der Waals surface area contributed by atoms with E-state index in [4.69, 9.17) is 23.7 Å². The van der Waals surface area contributed by atoms with Gasteiger partial charge < -0.3 is 23.7 Å². The molecule has 0 heterocycles. The van der Waals surface area contributed by atoms with Crippen LogP contribution in [-0.4, -0.2) is 60.4 Å². The number of carbonyl (C=O) groups excluding carboxylic acids is 5. The summed E-state index contributed by atoms with van der Waals surface area (Å²) in [5.74, 6) is -3.57. The van der Waals surface area contributed by atoms with Crippen LogP contribution in [0.4, 0.5) is 0 Å². The monoisotopic (exact) mass is 650 g/mol. The van der Waals surface area contributed by atoms with Crippen LogP contribution in [0.2, 0.25) is 0 Å². The van der Waals surface area contributed by atoms with Crippen LogP contribution in [0.25, 0.3) is 6.08 Å². The van der Waals surface area contributed by atoms with Gasteiger partial charge in [-0.3, -0.25) is 19.2 Å². The Balaban J connectivity index is 1.89. The Labute approximate surface area is 276 Å². The first-order valence-electron chi connectivity index (χ1n) is 16.0. The van der Waals surface area contributed by atoms with Crippen molar-refractivity contribution in [2.75, 3.05) is 0 Å². The lowest BCUT2D eigenvalue weighted by Gasteiger charge is -2.59. The van der Waals surface area contributed by atoms with Gasteiger partial charge in [-0.15, -0.1) is 0 Å². The van der Waals surface area contributed by atoms with Crippen molar-refractivity contribution >= 4 is 35.9 Å². The number of carbonyl (C=O) groups is 5. The lowest BCUT2D eigenvalue weighted by atomic mass is 9.49. The smallest absolute Gasteiger partial charge is 0.331 e. The molecule has 47 heavy (non-hydrogen) atoms. The first-order valence-corrected chi connectivity index (χ1v) is 16.0. The van der Waals surface area contributed by atoms with E-state index >= 15 is 0 Å². The number of rotatable bonds is 7. The molecule has 0 aliphatic heterocycles. The largest absolute Gasteiger partial charge is 0.462 e. The molecule has 10 heteroatoms. The van der Waals surface area contributed by atoms with Crippen LogP contribution in [0.15, 0.2) is 59.7 Å². The van der Waals surface area contributed by atoms with Gasteiger partial charge in [-0.1, -0.05) is 57.7 Å². The van der Waals surface area contributed by atoms with Crippen molar-refractivity contribution in [1.82, 2.24) is 0 Å². The van der Waals surface area contributed by atoms with Crippen molar-refractivity contribution in [3.63, 3.8) is 0 Å². The van der Waals surface area contributed by atoms with Crippen LogP contribution in [0.1, 0.15) is 80.2 Å². The van der Waals surface area contributed by atoms with E-state index < -0.39 is 77.1 Å². The zero-order valence-corrected chi connectivity index (χ0v) is 28.5. The summed E-state index contributed by atoms with van der Waals surface area (Å²) in [5.41, 5.74) is 0.978. The Bertz CT molecular complexity index is 1490. The highest BCUT2D eigenvalue weighted by atomic mass is 16.6. The standard InChI is InChI=1S/C37H46O10/c1-20-28-17-27-18-29(43-22(3)38)21(2)33(36(27,7)8)34(45-24(5)40)35(46-25(6)41)37(28,9)31(44-23(4)39)19-30(20)47-32(42)16-15-26-13-11-10-12-14-26/h10-16,27-31,34-35H,1,17-19H2,2-9H3. The average Bonchev–Trinajstić information content (AvgIpc) is 2.96. The molecule has 4 rings (SSSR count). The van der Waals surface area contributed by atoms with Crippen molar-refractivity contribution in [3.05, 3.63) is 65.3 Å². The van der Waals surface area contributed by atoms with Crippen LogP contribution in [0, 0.1) is 22.7 Å². The van der Waals surface area contributed by atoms with E-state index in [-0.39, 0.29) is 12.3 Å². The number of ether oxygens (including phenoxy) is 5. The van der Waals surface area contributed by atoms with Gasteiger partial charge in [0.1, 0.15) is 18.3 Å². The van der Waals surface area contributed by atoms with Crippen LogP contribution in [0.3, 0.4) is 0 Å². The molecule has 0 saturated heterocycles. The molecular formula is C37H46O10. The molecule has 2 fully saturated rings. The molecule has 8 atom stereocenters. The van der Waals surface area contributed by atoms with Gasteiger partial charge >= 0.3 is 29.8 Å². The van der Waals surface area contributed by atoms with E-state index in [2.05, 4.69) is 6.58 Å². The molecule has 254 valence electrons. The van der Waals surface area contributed by atoms with Crippen molar-refractivity contribution in [2.45, 2.75) is 105 Å². The predicted octanol–water partition coefficient (Wildman–Crippen LogP) is 5.69. The maximum atomic E-state index is 13.1. The van der Waals surface area contributed by atoms with Gasteiger partial charge in [-0.25, -0.2) is 4.79 Å². The number of fused-ring (bicyclic) bond motifs is 3. The lowest BCUT2D eigenvalue weighted by molar-refractivity contribution is -0.212. The molecule has 2 saturated carbocycles. The molecule has 0 spiro atoms. The SMILES string of the molecule is C=C1C(OC(=O)C=Cc2ccccc2)CC(OC(C)=O)C2(C)C1CC1CC(OC(C)=O)C(C)=C(C(OC(C)=O)C2OC(C)=O)C1(C)C. The maximum absolute atomic E-state index is 13.1. The van der Waals surface area contributed by atoms with E-state index in [1.54, 1.807) is 6.08 Å². The fourth-order valence-corrected chi connectivity index (χ4v) is 8.02. The van der Waals surface area contributed by atoms with Crippen molar-refractivity contribution in [2.24, 2.45) is 22.7 Å². The second kappa shape index (κ2) is 13.9. The first-order chi connectivity index (χ1) is 22.0. The summed E-state index contributed by atoms with van der Waals surface area (Å²) in [6, 6.07) is 9.30. The van der Waals surface area contributed by atoms with E-state index in [1.165, 1.54) is 33.8 Å². The number of esters is 5. The third-order valence-corrected chi connectivity index (χ3v) is 10.2. The highest BCUT2D eigenvalue weighted by molar-refractivity contribution is 5.87. The molecule has 0 amide bonds. The van der Waals surface area contributed by atoms with Crippen LogP contribution >= 0.6 is 0 Å².